The van der Waals surface area contributed by atoms with Crippen LogP contribution < -0.4 is 4.74 Å². The SMILES string of the molecule is C=C(Oc1ccc(C)cc1)c1ccccc1. The molecular formula is C15H14O. The Balaban J connectivity index is 2.11. The van der Waals surface area contributed by atoms with Gasteiger partial charge in [0.25, 0.3) is 0 Å². The van der Waals surface area contributed by atoms with Crippen LogP contribution in [0.4, 0.5) is 0 Å². The van der Waals surface area contributed by atoms with Crippen molar-refractivity contribution in [3.63, 3.8) is 0 Å². The first-order chi connectivity index (χ1) is 7.75. The standard InChI is InChI=1S/C15H14O/c1-12-8-10-15(11-9-12)16-13(2)14-6-4-3-5-7-14/h3-11H,2H2,1H3. The van der Waals surface area contributed by atoms with Gasteiger partial charge < -0.3 is 4.74 Å². The van der Waals surface area contributed by atoms with E-state index in [1.54, 1.807) is 0 Å². The van der Waals surface area contributed by atoms with E-state index in [4.69, 9.17) is 4.74 Å². The summed E-state index contributed by atoms with van der Waals surface area (Å²) in [5.74, 6) is 1.49. The third-order valence-electron chi connectivity index (χ3n) is 2.36. The zero-order valence-corrected chi connectivity index (χ0v) is 9.31. The maximum atomic E-state index is 5.66. The van der Waals surface area contributed by atoms with E-state index in [-0.39, 0.29) is 0 Å². The van der Waals surface area contributed by atoms with Gasteiger partial charge in [-0.2, -0.15) is 0 Å². The minimum absolute atomic E-state index is 0.671. The fraction of sp³-hybridized carbons (Fsp3) is 0.0667. The normalized spacial score (nSPS) is 9.81. The lowest BCUT2D eigenvalue weighted by molar-refractivity contribution is 0.516. The number of hydrogen-bond donors (Lipinski definition) is 0. The van der Waals surface area contributed by atoms with Crippen molar-refractivity contribution in [3.8, 4) is 5.75 Å². The highest BCUT2D eigenvalue weighted by Gasteiger charge is 2.00. The molecule has 0 spiro atoms. The molecule has 1 heteroatoms. The van der Waals surface area contributed by atoms with E-state index in [0.29, 0.717) is 5.76 Å². The molecule has 0 aliphatic heterocycles. The molecule has 2 aromatic rings. The second kappa shape index (κ2) is 4.67. The van der Waals surface area contributed by atoms with Crippen molar-refractivity contribution in [1.29, 1.82) is 0 Å². The van der Waals surface area contributed by atoms with Gasteiger partial charge >= 0.3 is 0 Å². The molecule has 0 saturated carbocycles. The fourth-order valence-electron chi connectivity index (χ4n) is 1.43. The summed E-state index contributed by atoms with van der Waals surface area (Å²) in [5, 5.41) is 0. The van der Waals surface area contributed by atoms with Crippen molar-refractivity contribution < 1.29 is 4.74 Å². The minimum atomic E-state index is 0.671. The lowest BCUT2D eigenvalue weighted by atomic mass is 10.2. The van der Waals surface area contributed by atoms with Gasteiger partial charge in [-0.05, 0) is 19.1 Å². The van der Waals surface area contributed by atoms with Gasteiger partial charge in [0.1, 0.15) is 11.5 Å². The largest absolute Gasteiger partial charge is 0.457 e. The summed E-state index contributed by atoms with van der Waals surface area (Å²) in [5.41, 5.74) is 2.22. The van der Waals surface area contributed by atoms with Crippen molar-refractivity contribution in [2.75, 3.05) is 0 Å². The molecule has 0 unspecified atom stereocenters. The molecular weight excluding hydrogens is 196 g/mol. The van der Waals surface area contributed by atoms with Gasteiger partial charge in [0.05, 0.1) is 0 Å². The smallest absolute Gasteiger partial charge is 0.127 e. The molecule has 0 radical (unpaired) electrons. The lowest BCUT2D eigenvalue weighted by Crippen LogP contribution is -1.92. The zero-order chi connectivity index (χ0) is 11.4. The summed E-state index contributed by atoms with van der Waals surface area (Å²) in [6.07, 6.45) is 0. The van der Waals surface area contributed by atoms with Crippen molar-refractivity contribution in [3.05, 3.63) is 72.3 Å². The van der Waals surface area contributed by atoms with Crippen LogP contribution in [0, 0.1) is 6.92 Å². The first-order valence-corrected chi connectivity index (χ1v) is 5.24. The minimum Gasteiger partial charge on any atom is -0.457 e. The molecule has 0 bridgehead atoms. The number of ether oxygens (including phenoxy) is 1. The molecule has 0 saturated heterocycles. The summed E-state index contributed by atoms with van der Waals surface area (Å²) in [4.78, 5) is 0. The molecule has 2 aromatic carbocycles. The third kappa shape index (κ3) is 2.51. The number of aryl methyl sites for hydroxylation is 1. The summed E-state index contributed by atoms with van der Waals surface area (Å²) >= 11 is 0. The average molecular weight is 210 g/mol. The Labute approximate surface area is 96.0 Å². The van der Waals surface area contributed by atoms with Gasteiger partial charge in [0.15, 0.2) is 0 Å². The van der Waals surface area contributed by atoms with Crippen molar-refractivity contribution in [2.45, 2.75) is 6.92 Å². The molecule has 0 amide bonds. The molecule has 0 heterocycles. The highest BCUT2D eigenvalue weighted by Crippen LogP contribution is 2.19. The Morgan fingerprint density at radius 1 is 0.938 bits per heavy atom. The first-order valence-electron chi connectivity index (χ1n) is 5.24. The Kier molecular flexibility index (Phi) is 3.06. The maximum absolute atomic E-state index is 5.66. The highest BCUT2D eigenvalue weighted by molar-refractivity contribution is 5.59. The van der Waals surface area contributed by atoms with E-state index in [2.05, 4.69) is 13.5 Å². The van der Waals surface area contributed by atoms with E-state index in [1.807, 2.05) is 54.6 Å². The van der Waals surface area contributed by atoms with Gasteiger partial charge in [-0.25, -0.2) is 0 Å². The molecule has 0 atom stereocenters. The second-order valence-corrected chi connectivity index (χ2v) is 3.70. The second-order valence-electron chi connectivity index (χ2n) is 3.70. The summed E-state index contributed by atoms with van der Waals surface area (Å²) in [6, 6.07) is 17.8. The van der Waals surface area contributed by atoms with Gasteiger partial charge in [0.2, 0.25) is 0 Å². The van der Waals surface area contributed by atoms with Crippen molar-refractivity contribution in [2.24, 2.45) is 0 Å². The number of hydrogen-bond acceptors (Lipinski definition) is 1. The Hall–Kier alpha value is -2.02. The van der Waals surface area contributed by atoms with E-state index >= 15 is 0 Å². The molecule has 0 aliphatic carbocycles. The van der Waals surface area contributed by atoms with Crippen molar-refractivity contribution >= 4 is 5.76 Å². The molecule has 0 aliphatic rings. The average Bonchev–Trinajstić information content (AvgIpc) is 2.33. The molecule has 0 aromatic heterocycles. The fourth-order valence-corrected chi connectivity index (χ4v) is 1.43. The topological polar surface area (TPSA) is 9.23 Å². The molecule has 80 valence electrons. The first kappa shape index (κ1) is 10.5. The summed E-state index contributed by atoms with van der Waals surface area (Å²) in [7, 11) is 0. The van der Waals surface area contributed by atoms with E-state index in [1.165, 1.54) is 5.56 Å². The molecule has 1 nitrogen and oxygen atoms in total. The number of rotatable bonds is 3. The van der Waals surface area contributed by atoms with Crippen LogP contribution in [-0.2, 0) is 0 Å². The van der Waals surface area contributed by atoms with Crippen LogP contribution >= 0.6 is 0 Å². The van der Waals surface area contributed by atoms with Crippen LogP contribution in [0.2, 0.25) is 0 Å². The maximum Gasteiger partial charge on any atom is 0.127 e. The van der Waals surface area contributed by atoms with Gasteiger partial charge in [-0.1, -0.05) is 54.6 Å². The van der Waals surface area contributed by atoms with Crippen molar-refractivity contribution in [1.82, 2.24) is 0 Å². The van der Waals surface area contributed by atoms with E-state index in [0.717, 1.165) is 11.3 Å². The third-order valence-corrected chi connectivity index (χ3v) is 2.36. The van der Waals surface area contributed by atoms with Gasteiger partial charge in [-0.3, -0.25) is 0 Å². The van der Waals surface area contributed by atoms with E-state index < -0.39 is 0 Å². The quantitative estimate of drug-likeness (QED) is 0.694. The van der Waals surface area contributed by atoms with Crippen LogP contribution in [0.5, 0.6) is 5.75 Å². The zero-order valence-electron chi connectivity index (χ0n) is 9.31. The Bertz CT molecular complexity index is 469. The predicted molar refractivity (Wildman–Crippen MR) is 67.3 cm³/mol. The summed E-state index contributed by atoms with van der Waals surface area (Å²) in [6.45, 7) is 5.97. The van der Waals surface area contributed by atoms with Crippen LogP contribution in [0.1, 0.15) is 11.1 Å². The Morgan fingerprint density at radius 2 is 1.56 bits per heavy atom. The Morgan fingerprint density at radius 3 is 2.19 bits per heavy atom. The molecule has 2 rings (SSSR count). The van der Waals surface area contributed by atoms with Gasteiger partial charge in [0, 0.05) is 5.56 Å². The molecule has 0 fully saturated rings. The molecule has 16 heavy (non-hydrogen) atoms. The molecule has 0 N–H and O–H groups in total. The highest BCUT2D eigenvalue weighted by atomic mass is 16.5. The van der Waals surface area contributed by atoms with Crippen LogP contribution in [0.3, 0.4) is 0 Å². The van der Waals surface area contributed by atoms with Crippen LogP contribution in [0.15, 0.2) is 61.2 Å². The van der Waals surface area contributed by atoms with Crippen LogP contribution in [0.25, 0.3) is 5.76 Å². The lowest BCUT2D eigenvalue weighted by Gasteiger charge is -2.08. The van der Waals surface area contributed by atoms with E-state index in [9.17, 15) is 0 Å². The monoisotopic (exact) mass is 210 g/mol. The predicted octanol–water partition coefficient (Wildman–Crippen LogP) is 4.04. The van der Waals surface area contributed by atoms with Crippen LogP contribution in [-0.4, -0.2) is 0 Å². The summed E-state index contributed by atoms with van der Waals surface area (Å²) < 4.78 is 5.66. The van der Waals surface area contributed by atoms with Gasteiger partial charge in [-0.15, -0.1) is 0 Å². The number of benzene rings is 2.